The van der Waals surface area contributed by atoms with Gasteiger partial charge < -0.3 is 10.8 Å². The van der Waals surface area contributed by atoms with Crippen LogP contribution in [0.4, 0.5) is 9.39 Å². The number of nitrogen functional groups attached to an aromatic ring is 1. The standard InChI is InChI=1S/C12H11FN2OS.C2H6/c1-5(2)9-8(16)3-7(13)11-10(9)6(4-14)12(15)17-11;1-2/h3,5,16H,15H2,1-2H3;1-2H3. The monoisotopic (exact) mass is 280 g/mol. The van der Waals surface area contributed by atoms with Gasteiger partial charge in [0.1, 0.15) is 22.6 Å². The number of anilines is 1. The van der Waals surface area contributed by atoms with E-state index < -0.39 is 5.82 Å². The predicted octanol–water partition coefficient (Wildman–Crippen LogP) is 4.35. The van der Waals surface area contributed by atoms with Crippen LogP contribution < -0.4 is 5.73 Å². The number of nitriles is 1. The fraction of sp³-hybridized carbons (Fsp3) is 0.357. The van der Waals surface area contributed by atoms with Gasteiger partial charge in [0.2, 0.25) is 0 Å². The van der Waals surface area contributed by atoms with Crippen molar-refractivity contribution in [2.24, 2.45) is 0 Å². The van der Waals surface area contributed by atoms with Gasteiger partial charge >= 0.3 is 0 Å². The number of nitrogens with zero attached hydrogens (tertiary/aromatic N) is 1. The summed E-state index contributed by atoms with van der Waals surface area (Å²) < 4.78 is 14.0. The summed E-state index contributed by atoms with van der Waals surface area (Å²) in [6, 6.07) is 3.05. The summed E-state index contributed by atoms with van der Waals surface area (Å²) in [5.41, 5.74) is 6.53. The minimum absolute atomic E-state index is 0.0146. The van der Waals surface area contributed by atoms with Crippen molar-refractivity contribution in [1.29, 1.82) is 5.26 Å². The highest BCUT2D eigenvalue weighted by atomic mass is 32.1. The second-order valence-electron chi connectivity index (χ2n) is 4.10. The van der Waals surface area contributed by atoms with Crippen molar-refractivity contribution in [3.63, 3.8) is 0 Å². The largest absolute Gasteiger partial charge is 0.508 e. The molecule has 0 saturated carbocycles. The maximum atomic E-state index is 13.7. The fourth-order valence-electron chi connectivity index (χ4n) is 1.96. The molecule has 0 aliphatic rings. The first-order valence-electron chi connectivity index (χ1n) is 6.10. The number of phenolic OH excluding ortho intramolecular Hbond substituents is 1. The number of hydrogen-bond donors (Lipinski definition) is 2. The summed E-state index contributed by atoms with van der Waals surface area (Å²) in [6.45, 7) is 7.75. The molecule has 0 unspecified atom stereocenters. The first-order chi connectivity index (χ1) is 8.97. The average molecular weight is 280 g/mol. The molecule has 0 bridgehead atoms. The Hall–Kier alpha value is -1.80. The summed E-state index contributed by atoms with van der Waals surface area (Å²) in [7, 11) is 0. The molecule has 1 heterocycles. The first kappa shape index (κ1) is 15.3. The van der Waals surface area contributed by atoms with E-state index in [1.807, 2.05) is 33.8 Å². The molecule has 2 aromatic rings. The highest BCUT2D eigenvalue weighted by Crippen LogP contribution is 2.43. The third-order valence-electron chi connectivity index (χ3n) is 2.65. The smallest absolute Gasteiger partial charge is 0.144 e. The second-order valence-corrected chi connectivity index (χ2v) is 5.16. The highest BCUT2D eigenvalue weighted by molar-refractivity contribution is 7.23. The van der Waals surface area contributed by atoms with Crippen LogP contribution in [0.1, 0.15) is 44.7 Å². The van der Waals surface area contributed by atoms with Crippen LogP contribution in [-0.4, -0.2) is 5.11 Å². The summed E-state index contributed by atoms with van der Waals surface area (Å²) in [5.74, 6) is -0.682. The van der Waals surface area contributed by atoms with Crippen LogP contribution in [0.15, 0.2) is 6.07 Å². The van der Waals surface area contributed by atoms with E-state index in [4.69, 9.17) is 11.0 Å². The Bertz CT molecular complexity index is 641. The maximum absolute atomic E-state index is 13.7. The van der Waals surface area contributed by atoms with Crippen LogP contribution >= 0.6 is 11.3 Å². The summed E-state index contributed by atoms with van der Waals surface area (Å²) in [6.07, 6.45) is 0. The van der Waals surface area contributed by atoms with Crippen LogP contribution in [0.25, 0.3) is 10.1 Å². The van der Waals surface area contributed by atoms with Crippen molar-refractivity contribution >= 4 is 26.4 Å². The van der Waals surface area contributed by atoms with E-state index in [9.17, 15) is 9.50 Å². The maximum Gasteiger partial charge on any atom is 0.144 e. The lowest BCUT2D eigenvalue weighted by molar-refractivity contribution is 0.461. The minimum atomic E-state index is -0.542. The van der Waals surface area contributed by atoms with Crippen LogP contribution in [0.3, 0.4) is 0 Å². The second kappa shape index (κ2) is 5.89. The van der Waals surface area contributed by atoms with Crippen molar-refractivity contribution in [3.8, 4) is 11.8 Å². The Morgan fingerprint density at radius 3 is 2.47 bits per heavy atom. The van der Waals surface area contributed by atoms with E-state index in [0.29, 0.717) is 15.6 Å². The first-order valence-corrected chi connectivity index (χ1v) is 6.92. The molecule has 0 aliphatic heterocycles. The zero-order valence-corrected chi connectivity index (χ0v) is 12.2. The molecule has 0 saturated heterocycles. The van der Waals surface area contributed by atoms with Crippen LogP contribution in [0.5, 0.6) is 5.75 Å². The van der Waals surface area contributed by atoms with Gasteiger partial charge in [-0.15, -0.1) is 11.3 Å². The van der Waals surface area contributed by atoms with Crippen LogP contribution in [0.2, 0.25) is 0 Å². The van der Waals surface area contributed by atoms with Crippen LogP contribution in [0, 0.1) is 17.1 Å². The number of aromatic hydroxyl groups is 1. The van der Waals surface area contributed by atoms with Gasteiger partial charge in [-0.1, -0.05) is 27.7 Å². The molecule has 0 spiro atoms. The van der Waals surface area contributed by atoms with Crippen molar-refractivity contribution in [2.75, 3.05) is 5.73 Å². The van der Waals surface area contributed by atoms with E-state index in [0.717, 1.165) is 17.4 Å². The van der Waals surface area contributed by atoms with Gasteiger partial charge in [0, 0.05) is 17.0 Å². The molecule has 2 rings (SSSR count). The third-order valence-corrected chi connectivity index (χ3v) is 3.68. The number of rotatable bonds is 1. The van der Waals surface area contributed by atoms with Gasteiger partial charge in [-0.2, -0.15) is 5.26 Å². The molecule has 1 aromatic carbocycles. The van der Waals surface area contributed by atoms with E-state index in [1.54, 1.807) is 0 Å². The zero-order chi connectivity index (χ0) is 14.7. The number of nitrogens with two attached hydrogens (primary N) is 1. The minimum Gasteiger partial charge on any atom is -0.508 e. The lowest BCUT2D eigenvalue weighted by Crippen LogP contribution is -1.93. The van der Waals surface area contributed by atoms with Gasteiger partial charge in [0.05, 0.1) is 10.3 Å². The Morgan fingerprint density at radius 1 is 1.42 bits per heavy atom. The molecular formula is C14H17FN2OS. The van der Waals surface area contributed by atoms with E-state index >= 15 is 0 Å². The number of halogens is 1. The molecule has 0 amide bonds. The zero-order valence-electron chi connectivity index (χ0n) is 11.4. The van der Waals surface area contributed by atoms with Crippen molar-refractivity contribution in [2.45, 2.75) is 33.6 Å². The topological polar surface area (TPSA) is 70.0 Å². The predicted molar refractivity (Wildman–Crippen MR) is 78.0 cm³/mol. The Kier molecular flexibility index (Phi) is 4.73. The lowest BCUT2D eigenvalue weighted by Gasteiger charge is -2.10. The van der Waals surface area contributed by atoms with Crippen molar-refractivity contribution < 1.29 is 9.50 Å². The van der Waals surface area contributed by atoms with E-state index in [2.05, 4.69) is 0 Å². The van der Waals surface area contributed by atoms with Gasteiger partial charge in [-0.05, 0) is 5.92 Å². The molecule has 3 nitrogen and oxygen atoms in total. The number of thiophene rings is 1. The molecular weight excluding hydrogens is 263 g/mol. The molecule has 5 heteroatoms. The molecule has 0 atom stereocenters. The molecule has 0 aliphatic carbocycles. The van der Waals surface area contributed by atoms with Gasteiger partial charge in [0.15, 0.2) is 0 Å². The average Bonchev–Trinajstić information content (AvgIpc) is 2.68. The van der Waals surface area contributed by atoms with Crippen LogP contribution in [-0.2, 0) is 0 Å². The fourth-order valence-corrected chi connectivity index (χ4v) is 2.90. The van der Waals surface area contributed by atoms with Gasteiger partial charge in [0.25, 0.3) is 0 Å². The van der Waals surface area contributed by atoms with Gasteiger partial charge in [-0.25, -0.2) is 4.39 Å². The number of hydrogen-bond acceptors (Lipinski definition) is 4. The summed E-state index contributed by atoms with van der Waals surface area (Å²) in [5, 5.41) is 19.6. The Labute approximate surface area is 116 Å². The molecule has 19 heavy (non-hydrogen) atoms. The lowest BCUT2D eigenvalue weighted by atomic mass is 9.96. The highest BCUT2D eigenvalue weighted by Gasteiger charge is 2.21. The Morgan fingerprint density at radius 2 is 2.00 bits per heavy atom. The molecule has 102 valence electrons. The van der Waals surface area contributed by atoms with E-state index in [1.165, 1.54) is 0 Å². The van der Waals surface area contributed by atoms with Crippen molar-refractivity contribution in [3.05, 3.63) is 23.0 Å². The number of fused-ring (bicyclic) bond motifs is 1. The van der Waals surface area contributed by atoms with E-state index in [-0.39, 0.29) is 22.2 Å². The summed E-state index contributed by atoms with van der Waals surface area (Å²) in [4.78, 5) is 0. The third kappa shape index (κ3) is 2.49. The quantitative estimate of drug-likeness (QED) is 0.815. The number of phenols is 1. The summed E-state index contributed by atoms with van der Waals surface area (Å²) >= 11 is 1.04. The molecule has 1 aromatic heterocycles. The SMILES string of the molecule is CC.CC(C)c1c(O)cc(F)c2sc(N)c(C#N)c12. The molecule has 0 radical (unpaired) electrons. The molecule has 3 N–H and O–H groups in total. The number of benzene rings is 1. The van der Waals surface area contributed by atoms with Gasteiger partial charge in [-0.3, -0.25) is 0 Å². The van der Waals surface area contributed by atoms with Crippen molar-refractivity contribution in [1.82, 2.24) is 0 Å². The normalized spacial score (nSPS) is 10.2. The Balaban J connectivity index is 0.000000861. The molecule has 0 fully saturated rings.